The number of rotatable bonds is 2. The fourth-order valence-electron chi connectivity index (χ4n) is 1.45. The summed E-state index contributed by atoms with van der Waals surface area (Å²) >= 11 is 5.78. The van der Waals surface area contributed by atoms with Crippen molar-refractivity contribution in [3.05, 3.63) is 47.5 Å². The molecule has 0 saturated heterocycles. The summed E-state index contributed by atoms with van der Waals surface area (Å²) in [5.41, 5.74) is 0.506. The highest BCUT2D eigenvalue weighted by Crippen LogP contribution is 2.20. The summed E-state index contributed by atoms with van der Waals surface area (Å²) in [6.07, 6.45) is 0. The van der Waals surface area contributed by atoms with Gasteiger partial charge in [0.25, 0.3) is 0 Å². The predicted octanol–water partition coefficient (Wildman–Crippen LogP) is 2.71. The molecule has 2 aromatic heterocycles. The summed E-state index contributed by atoms with van der Waals surface area (Å²) in [6, 6.07) is 9.03. The highest BCUT2D eigenvalue weighted by atomic mass is 35.5. The summed E-state index contributed by atoms with van der Waals surface area (Å²) in [5.74, 6) is 0.247. The van der Waals surface area contributed by atoms with Crippen molar-refractivity contribution in [3.8, 4) is 11.6 Å². The summed E-state index contributed by atoms with van der Waals surface area (Å²) in [6.45, 7) is 0. The first-order valence-electron chi connectivity index (χ1n) is 5.04. The van der Waals surface area contributed by atoms with Crippen molar-refractivity contribution in [2.75, 3.05) is 0 Å². The van der Waals surface area contributed by atoms with E-state index < -0.39 is 0 Å². The number of hydrogen-bond acceptors (Lipinski definition) is 4. The highest BCUT2D eigenvalue weighted by Gasteiger charge is 2.06. The SMILES string of the molecule is Fc1cccc(Oc2ccc3nnc(Cl)n3n2)c1. The van der Waals surface area contributed by atoms with Gasteiger partial charge in [-0.1, -0.05) is 6.07 Å². The molecule has 5 nitrogen and oxygen atoms in total. The van der Waals surface area contributed by atoms with Crippen molar-refractivity contribution < 1.29 is 9.13 Å². The molecule has 7 heteroatoms. The van der Waals surface area contributed by atoms with Gasteiger partial charge in [0, 0.05) is 12.1 Å². The van der Waals surface area contributed by atoms with Gasteiger partial charge in [0.1, 0.15) is 11.6 Å². The molecule has 0 aliphatic rings. The first-order chi connectivity index (χ1) is 8.72. The van der Waals surface area contributed by atoms with Crippen LogP contribution in [0.2, 0.25) is 5.28 Å². The Bertz CT molecular complexity index is 715. The van der Waals surface area contributed by atoms with Crippen molar-refractivity contribution >= 4 is 17.2 Å². The van der Waals surface area contributed by atoms with E-state index in [1.807, 2.05) is 0 Å². The molecule has 1 aromatic carbocycles. The molecular formula is C11H6ClFN4O. The third-order valence-electron chi connectivity index (χ3n) is 2.22. The van der Waals surface area contributed by atoms with E-state index in [4.69, 9.17) is 16.3 Å². The maximum absolute atomic E-state index is 13.0. The largest absolute Gasteiger partial charge is 0.437 e. The molecule has 0 radical (unpaired) electrons. The third-order valence-corrected chi connectivity index (χ3v) is 2.45. The number of ether oxygens (including phenoxy) is 1. The topological polar surface area (TPSA) is 52.3 Å². The first-order valence-corrected chi connectivity index (χ1v) is 5.41. The fraction of sp³-hybridized carbons (Fsp3) is 0. The van der Waals surface area contributed by atoms with E-state index in [9.17, 15) is 4.39 Å². The zero-order valence-electron chi connectivity index (χ0n) is 8.92. The van der Waals surface area contributed by atoms with Gasteiger partial charge in [-0.2, -0.15) is 4.52 Å². The molecule has 0 unspecified atom stereocenters. The molecule has 90 valence electrons. The van der Waals surface area contributed by atoms with Crippen LogP contribution in [-0.2, 0) is 0 Å². The van der Waals surface area contributed by atoms with Crippen molar-refractivity contribution in [3.63, 3.8) is 0 Å². The first kappa shape index (κ1) is 10.9. The minimum atomic E-state index is -0.379. The number of hydrogen-bond donors (Lipinski definition) is 0. The number of aromatic nitrogens is 4. The number of nitrogens with zero attached hydrogens (tertiary/aromatic N) is 4. The van der Waals surface area contributed by atoms with Gasteiger partial charge in [-0.15, -0.1) is 15.3 Å². The Labute approximate surface area is 106 Å². The van der Waals surface area contributed by atoms with E-state index >= 15 is 0 Å². The van der Waals surface area contributed by atoms with E-state index in [-0.39, 0.29) is 17.0 Å². The lowest BCUT2D eigenvalue weighted by Crippen LogP contribution is -1.95. The van der Waals surface area contributed by atoms with E-state index in [2.05, 4.69) is 15.3 Å². The van der Waals surface area contributed by atoms with Gasteiger partial charge < -0.3 is 4.74 Å². The smallest absolute Gasteiger partial charge is 0.246 e. The summed E-state index contributed by atoms with van der Waals surface area (Å²) in [4.78, 5) is 0. The van der Waals surface area contributed by atoms with E-state index in [0.29, 0.717) is 11.4 Å². The zero-order chi connectivity index (χ0) is 12.5. The van der Waals surface area contributed by atoms with Crippen molar-refractivity contribution in [1.82, 2.24) is 19.8 Å². The predicted molar refractivity (Wildman–Crippen MR) is 62.3 cm³/mol. The molecule has 0 atom stereocenters. The van der Waals surface area contributed by atoms with Crippen molar-refractivity contribution in [2.45, 2.75) is 0 Å². The van der Waals surface area contributed by atoms with Crippen molar-refractivity contribution in [2.24, 2.45) is 0 Å². The minimum absolute atomic E-state index is 0.134. The average Bonchev–Trinajstić information content (AvgIpc) is 2.71. The Kier molecular flexibility index (Phi) is 2.56. The van der Waals surface area contributed by atoms with Crippen LogP contribution in [0, 0.1) is 5.82 Å². The van der Waals surface area contributed by atoms with Gasteiger partial charge >= 0.3 is 0 Å². The Morgan fingerprint density at radius 3 is 2.89 bits per heavy atom. The molecule has 0 aliphatic heterocycles. The molecule has 0 N–H and O–H groups in total. The number of halogens is 2. The lowest BCUT2D eigenvalue weighted by Gasteiger charge is -2.04. The molecule has 0 saturated carbocycles. The monoisotopic (exact) mass is 264 g/mol. The molecule has 3 rings (SSSR count). The van der Waals surface area contributed by atoms with Crippen LogP contribution in [0.5, 0.6) is 11.6 Å². The zero-order valence-corrected chi connectivity index (χ0v) is 9.67. The van der Waals surface area contributed by atoms with E-state index in [1.165, 1.54) is 16.6 Å². The van der Waals surface area contributed by atoms with Crippen LogP contribution in [0.4, 0.5) is 4.39 Å². The fourth-order valence-corrected chi connectivity index (χ4v) is 1.61. The van der Waals surface area contributed by atoms with Crippen LogP contribution in [0.15, 0.2) is 36.4 Å². The number of benzene rings is 1. The minimum Gasteiger partial charge on any atom is -0.437 e. The van der Waals surface area contributed by atoms with Gasteiger partial charge in [0.15, 0.2) is 5.65 Å². The van der Waals surface area contributed by atoms with Gasteiger partial charge in [0.2, 0.25) is 11.2 Å². The molecule has 3 aromatic rings. The van der Waals surface area contributed by atoms with Gasteiger partial charge in [-0.3, -0.25) is 0 Å². The van der Waals surface area contributed by atoms with Gasteiger partial charge in [0.05, 0.1) is 0 Å². The molecular weight excluding hydrogens is 259 g/mol. The second kappa shape index (κ2) is 4.23. The molecule has 0 bridgehead atoms. The summed E-state index contributed by atoms with van der Waals surface area (Å²) < 4.78 is 19.7. The summed E-state index contributed by atoms with van der Waals surface area (Å²) in [7, 11) is 0. The highest BCUT2D eigenvalue weighted by molar-refractivity contribution is 6.28. The molecule has 18 heavy (non-hydrogen) atoms. The van der Waals surface area contributed by atoms with Gasteiger partial charge in [-0.25, -0.2) is 4.39 Å². The van der Waals surface area contributed by atoms with Gasteiger partial charge in [-0.05, 0) is 29.8 Å². The second-order valence-corrected chi connectivity index (χ2v) is 3.81. The van der Waals surface area contributed by atoms with Crippen LogP contribution < -0.4 is 4.74 Å². The van der Waals surface area contributed by atoms with Crippen LogP contribution >= 0.6 is 11.6 Å². The molecule has 2 heterocycles. The molecule has 0 amide bonds. The standard InChI is InChI=1S/C11H6ClFN4O/c12-11-15-14-9-4-5-10(16-17(9)11)18-8-3-1-2-7(13)6-8/h1-6H. The Morgan fingerprint density at radius 2 is 2.06 bits per heavy atom. The van der Waals surface area contributed by atoms with Crippen LogP contribution in [-0.4, -0.2) is 19.8 Å². The quantitative estimate of drug-likeness (QED) is 0.714. The Morgan fingerprint density at radius 1 is 1.17 bits per heavy atom. The van der Waals surface area contributed by atoms with E-state index in [1.54, 1.807) is 24.3 Å². The molecule has 0 spiro atoms. The van der Waals surface area contributed by atoms with Crippen LogP contribution in [0.1, 0.15) is 0 Å². The van der Waals surface area contributed by atoms with Crippen LogP contribution in [0.25, 0.3) is 5.65 Å². The lowest BCUT2D eigenvalue weighted by atomic mass is 10.3. The maximum Gasteiger partial charge on any atom is 0.246 e. The van der Waals surface area contributed by atoms with Crippen molar-refractivity contribution in [1.29, 1.82) is 0 Å². The van der Waals surface area contributed by atoms with Crippen LogP contribution in [0.3, 0.4) is 0 Å². The third kappa shape index (κ3) is 1.98. The normalized spacial score (nSPS) is 10.8. The Balaban J connectivity index is 1.97. The lowest BCUT2D eigenvalue weighted by molar-refractivity contribution is 0.448. The summed E-state index contributed by atoms with van der Waals surface area (Å²) in [5, 5.41) is 11.7. The number of fused-ring (bicyclic) bond motifs is 1. The molecule has 0 aliphatic carbocycles. The van der Waals surface area contributed by atoms with E-state index in [0.717, 1.165) is 0 Å². The average molecular weight is 265 g/mol. The Hall–Kier alpha value is -2.21. The molecule has 0 fully saturated rings. The maximum atomic E-state index is 13.0. The second-order valence-electron chi connectivity index (χ2n) is 3.47.